The molecule has 3 N–H and O–H groups in total. The second-order valence-corrected chi connectivity index (χ2v) is 6.48. The molecule has 0 radical (unpaired) electrons. The van der Waals surface area contributed by atoms with Crippen LogP contribution in [0.2, 0.25) is 0 Å². The standard InChI is InChI=1S/C15H26N2O4/c1-9(2)12(16-11(4)18)13(19)17-15(14(20)21)7-5-10(3)6-8-15/h9-10,12H,5-8H2,1-4H3,(H,16,18)(H,17,19)(H,20,21). The fraction of sp³-hybridized carbons (Fsp3) is 0.800. The van der Waals surface area contributed by atoms with E-state index in [2.05, 4.69) is 17.6 Å². The van der Waals surface area contributed by atoms with E-state index in [1.54, 1.807) is 0 Å². The van der Waals surface area contributed by atoms with Crippen LogP contribution in [0.15, 0.2) is 0 Å². The second kappa shape index (κ2) is 6.91. The van der Waals surface area contributed by atoms with E-state index in [1.165, 1.54) is 6.92 Å². The van der Waals surface area contributed by atoms with Crippen molar-refractivity contribution in [1.82, 2.24) is 10.6 Å². The molecule has 1 fully saturated rings. The predicted molar refractivity (Wildman–Crippen MR) is 78.6 cm³/mol. The van der Waals surface area contributed by atoms with Crippen molar-refractivity contribution >= 4 is 17.8 Å². The summed E-state index contributed by atoms with van der Waals surface area (Å²) in [5.41, 5.74) is -1.20. The highest BCUT2D eigenvalue weighted by Crippen LogP contribution is 2.32. The number of amides is 2. The van der Waals surface area contributed by atoms with Crippen molar-refractivity contribution in [1.29, 1.82) is 0 Å². The number of hydrogen-bond donors (Lipinski definition) is 3. The molecule has 0 aromatic carbocycles. The largest absolute Gasteiger partial charge is 0.480 e. The topological polar surface area (TPSA) is 95.5 Å². The smallest absolute Gasteiger partial charge is 0.329 e. The van der Waals surface area contributed by atoms with Crippen LogP contribution in [0.4, 0.5) is 0 Å². The quantitative estimate of drug-likeness (QED) is 0.713. The Morgan fingerprint density at radius 1 is 1.19 bits per heavy atom. The Kier molecular flexibility index (Phi) is 5.75. The molecule has 1 aliphatic carbocycles. The minimum atomic E-state index is -1.20. The number of carboxylic acid groups (broad SMARTS) is 1. The molecule has 0 bridgehead atoms. The maximum Gasteiger partial charge on any atom is 0.329 e. The third-order valence-electron chi connectivity index (χ3n) is 4.21. The van der Waals surface area contributed by atoms with Crippen LogP contribution in [0, 0.1) is 11.8 Å². The van der Waals surface area contributed by atoms with Crippen molar-refractivity contribution in [3.05, 3.63) is 0 Å². The molecule has 120 valence electrons. The zero-order valence-electron chi connectivity index (χ0n) is 13.2. The van der Waals surface area contributed by atoms with Crippen molar-refractivity contribution in [3.8, 4) is 0 Å². The molecule has 0 aliphatic heterocycles. The van der Waals surface area contributed by atoms with E-state index in [9.17, 15) is 19.5 Å². The summed E-state index contributed by atoms with van der Waals surface area (Å²) < 4.78 is 0. The van der Waals surface area contributed by atoms with Gasteiger partial charge in [0.25, 0.3) is 0 Å². The van der Waals surface area contributed by atoms with Gasteiger partial charge in [-0.15, -0.1) is 0 Å². The van der Waals surface area contributed by atoms with Crippen molar-refractivity contribution in [2.24, 2.45) is 11.8 Å². The molecule has 1 aliphatic rings. The molecular weight excluding hydrogens is 272 g/mol. The highest BCUT2D eigenvalue weighted by atomic mass is 16.4. The van der Waals surface area contributed by atoms with E-state index >= 15 is 0 Å². The second-order valence-electron chi connectivity index (χ2n) is 6.48. The molecule has 1 saturated carbocycles. The lowest BCUT2D eigenvalue weighted by atomic mass is 9.77. The summed E-state index contributed by atoms with van der Waals surface area (Å²) in [4.78, 5) is 35.2. The van der Waals surface area contributed by atoms with Gasteiger partial charge in [-0.25, -0.2) is 4.79 Å². The van der Waals surface area contributed by atoms with Gasteiger partial charge in [-0.2, -0.15) is 0 Å². The first-order valence-corrected chi connectivity index (χ1v) is 7.50. The SMILES string of the molecule is CC(=O)NC(C(=O)NC1(C(=O)O)CCC(C)CC1)C(C)C. The molecule has 0 aromatic rings. The van der Waals surface area contributed by atoms with Gasteiger partial charge in [0.15, 0.2) is 0 Å². The first kappa shape index (κ1) is 17.5. The van der Waals surface area contributed by atoms with E-state index in [1.807, 2.05) is 13.8 Å². The van der Waals surface area contributed by atoms with Crippen LogP contribution in [0.5, 0.6) is 0 Å². The molecule has 0 saturated heterocycles. The van der Waals surface area contributed by atoms with Crippen molar-refractivity contribution in [2.45, 2.75) is 65.0 Å². The first-order chi connectivity index (χ1) is 9.68. The predicted octanol–water partition coefficient (Wildman–Crippen LogP) is 1.30. The molecule has 21 heavy (non-hydrogen) atoms. The van der Waals surface area contributed by atoms with Crippen LogP contribution in [0.25, 0.3) is 0 Å². The number of carboxylic acids is 1. The Morgan fingerprint density at radius 2 is 1.71 bits per heavy atom. The van der Waals surface area contributed by atoms with Crippen molar-refractivity contribution in [2.75, 3.05) is 0 Å². The number of aliphatic carboxylic acids is 1. The van der Waals surface area contributed by atoms with Gasteiger partial charge in [0.2, 0.25) is 11.8 Å². The maximum absolute atomic E-state index is 12.4. The molecule has 0 heterocycles. The molecule has 1 rings (SSSR count). The van der Waals surface area contributed by atoms with Crippen molar-refractivity contribution in [3.63, 3.8) is 0 Å². The molecule has 0 spiro atoms. The molecule has 6 nitrogen and oxygen atoms in total. The number of nitrogens with one attached hydrogen (secondary N) is 2. The Bertz CT molecular complexity index is 412. The minimum Gasteiger partial charge on any atom is -0.480 e. The van der Waals surface area contributed by atoms with Crippen LogP contribution in [0.1, 0.15) is 53.4 Å². The Balaban J connectivity index is 2.85. The Labute approximate surface area is 125 Å². The van der Waals surface area contributed by atoms with Crippen LogP contribution in [0.3, 0.4) is 0 Å². The molecule has 1 unspecified atom stereocenters. The zero-order valence-corrected chi connectivity index (χ0v) is 13.2. The number of carbonyl (C=O) groups is 3. The normalized spacial score (nSPS) is 27.0. The minimum absolute atomic E-state index is 0.109. The summed E-state index contributed by atoms with van der Waals surface area (Å²) in [5.74, 6) is -1.34. The Hall–Kier alpha value is -1.59. The van der Waals surface area contributed by atoms with E-state index in [0.717, 1.165) is 12.8 Å². The Morgan fingerprint density at radius 3 is 2.10 bits per heavy atom. The van der Waals surface area contributed by atoms with Crippen molar-refractivity contribution < 1.29 is 19.5 Å². The van der Waals surface area contributed by atoms with E-state index in [-0.39, 0.29) is 11.8 Å². The van der Waals surface area contributed by atoms with Gasteiger partial charge >= 0.3 is 5.97 Å². The lowest BCUT2D eigenvalue weighted by Gasteiger charge is -2.37. The third-order valence-corrected chi connectivity index (χ3v) is 4.21. The number of rotatable bonds is 5. The zero-order chi connectivity index (χ0) is 16.2. The fourth-order valence-electron chi connectivity index (χ4n) is 2.71. The van der Waals surface area contributed by atoms with Gasteiger partial charge < -0.3 is 15.7 Å². The molecular formula is C15H26N2O4. The van der Waals surface area contributed by atoms with Crippen LogP contribution < -0.4 is 10.6 Å². The summed E-state index contributed by atoms with van der Waals surface area (Å²) in [6.07, 6.45) is 2.42. The van der Waals surface area contributed by atoms with Gasteiger partial charge in [-0.05, 0) is 37.5 Å². The summed E-state index contributed by atoms with van der Waals surface area (Å²) in [6.45, 7) is 7.06. The first-order valence-electron chi connectivity index (χ1n) is 7.50. The van der Waals surface area contributed by atoms with Crippen LogP contribution in [-0.2, 0) is 14.4 Å². The summed E-state index contributed by atoms with van der Waals surface area (Å²) in [5, 5.41) is 14.8. The van der Waals surface area contributed by atoms with Gasteiger partial charge in [0.1, 0.15) is 11.6 Å². The lowest BCUT2D eigenvalue weighted by molar-refractivity contribution is -0.150. The maximum atomic E-state index is 12.4. The summed E-state index contributed by atoms with van der Waals surface area (Å²) >= 11 is 0. The highest BCUT2D eigenvalue weighted by Gasteiger charge is 2.43. The average Bonchev–Trinajstić information content (AvgIpc) is 2.38. The van der Waals surface area contributed by atoms with E-state index in [4.69, 9.17) is 0 Å². The fourth-order valence-corrected chi connectivity index (χ4v) is 2.71. The molecule has 2 amide bonds. The molecule has 6 heteroatoms. The van der Waals surface area contributed by atoms with Gasteiger partial charge in [0.05, 0.1) is 0 Å². The van der Waals surface area contributed by atoms with Gasteiger partial charge in [0, 0.05) is 6.92 Å². The molecule has 1 atom stereocenters. The summed E-state index contributed by atoms with van der Waals surface area (Å²) in [7, 11) is 0. The van der Waals surface area contributed by atoms with Gasteiger partial charge in [-0.1, -0.05) is 20.8 Å². The van der Waals surface area contributed by atoms with Crippen LogP contribution in [-0.4, -0.2) is 34.5 Å². The monoisotopic (exact) mass is 298 g/mol. The average molecular weight is 298 g/mol. The summed E-state index contributed by atoms with van der Waals surface area (Å²) in [6, 6.07) is -0.710. The van der Waals surface area contributed by atoms with Gasteiger partial charge in [-0.3, -0.25) is 9.59 Å². The number of carbonyl (C=O) groups excluding carboxylic acids is 2. The molecule has 0 aromatic heterocycles. The number of hydrogen-bond acceptors (Lipinski definition) is 3. The third kappa shape index (κ3) is 4.44. The highest BCUT2D eigenvalue weighted by molar-refractivity contribution is 5.92. The van der Waals surface area contributed by atoms with E-state index in [0.29, 0.717) is 18.8 Å². The lowest BCUT2D eigenvalue weighted by Crippen LogP contribution is -2.61. The van der Waals surface area contributed by atoms with Crippen LogP contribution >= 0.6 is 0 Å². The van der Waals surface area contributed by atoms with E-state index < -0.39 is 23.5 Å².